The first-order valence-electron chi connectivity index (χ1n) is 11.6. The number of hydrogen-bond acceptors (Lipinski definition) is 2. The average molecular weight is 466 g/mol. The molecule has 0 aliphatic heterocycles. The summed E-state index contributed by atoms with van der Waals surface area (Å²) in [6, 6.07) is 35.8. The summed E-state index contributed by atoms with van der Waals surface area (Å²) in [5, 5.41) is 7.97. The van der Waals surface area contributed by atoms with E-state index in [1.165, 1.54) is 73.5 Å². The fourth-order valence-corrected chi connectivity index (χ4v) is 7.62. The van der Waals surface area contributed by atoms with Crippen LogP contribution >= 0.6 is 22.7 Å². The lowest BCUT2D eigenvalue weighted by Gasteiger charge is -2.15. The highest BCUT2D eigenvalue weighted by Gasteiger charge is 2.22. The predicted molar refractivity (Wildman–Crippen MR) is 159 cm³/mol. The zero-order valence-corrected chi connectivity index (χ0v) is 20.7. The summed E-state index contributed by atoms with van der Waals surface area (Å²) in [7, 11) is 4.48. The molecule has 7 aromatic rings. The van der Waals surface area contributed by atoms with Crippen LogP contribution in [-0.4, -0.2) is 15.7 Å². The Morgan fingerprint density at radius 3 is 1.32 bits per heavy atom. The topological polar surface area (TPSA) is 0 Å². The van der Waals surface area contributed by atoms with Crippen LogP contribution in [-0.2, 0) is 0 Å². The molecule has 5 aromatic carbocycles. The first kappa shape index (κ1) is 20.1. The molecule has 34 heavy (non-hydrogen) atoms. The minimum absolute atomic E-state index is 1.29. The zero-order chi connectivity index (χ0) is 22.8. The second kappa shape index (κ2) is 7.59. The molecule has 0 radical (unpaired) electrons. The van der Waals surface area contributed by atoms with Crippen LogP contribution in [0.5, 0.6) is 0 Å². The van der Waals surface area contributed by atoms with Gasteiger partial charge in [0, 0.05) is 31.3 Å². The van der Waals surface area contributed by atoms with Gasteiger partial charge in [-0.15, -0.1) is 0 Å². The lowest BCUT2D eigenvalue weighted by Crippen LogP contribution is -1.90. The number of thiophene rings is 2. The molecule has 4 heteroatoms. The Labute approximate surface area is 208 Å². The van der Waals surface area contributed by atoms with E-state index in [2.05, 4.69) is 113 Å². The van der Waals surface area contributed by atoms with Crippen LogP contribution in [0.15, 0.2) is 97.1 Å². The van der Waals surface area contributed by atoms with E-state index >= 15 is 0 Å². The molecule has 0 aliphatic rings. The smallest absolute Gasteiger partial charge is 0.150 e. The molecule has 2 aromatic heterocycles. The fraction of sp³-hybridized carbons (Fsp3) is 0. The van der Waals surface area contributed by atoms with E-state index in [9.17, 15) is 0 Å². The Hall–Kier alpha value is -3.33. The standard InChI is InChI=1S/C30H20B2S2/c31-25-15-23-27(21-13-5-9-17-7-1-3-11-19(17)21)29-24(16-26(32)33-29)28(30(23)34-25)22-14-6-10-18-8-2-4-12-20(18)22/h1-16H,31-32H2. The van der Waals surface area contributed by atoms with Crippen molar-refractivity contribution in [3.05, 3.63) is 97.1 Å². The van der Waals surface area contributed by atoms with Crippen LogP contribution in [0.3, 0.4) is 0 Å². The van der Waals surface area contributed by atoms with Gasteiger partial charge in [0.15, 0.2) is 15.7 Å². The molecule has 0 saturated heterocycles. The Morgan fingerprint density at radius 2 is 0.853 bits per heavy atom. The highest BCUT2D eigenvalue weighted by molar-refractivity contribution is 7.28. The number of hydrogen-bond donors (Lipinski definition) is 0. The molecule has 158 valence electrons. The molecule has 0 fully saturated rings. The van der Waals surface area contributed by atoms with E-state index in [0.29, 0.717) is 0 Å². The second-order valence-electron chi connectivity index (χ2n) is 9.00. The molecule has 0 saturated carbocycles. The van der Waals surface area contributed by atoms with E-state index in [1.54, 1.807) is 0 Å². The van der Waals surface area contributed by atoms with Gasteiger partial charge in [0.2, 0.25) is 0 Å². The van der Waals surface area contributed by atoms with Gasteiger partial charge in [-0.05, 0) is 54.4 Å². The van der Waals surface area contributed by atoms with E-state index in [4.69, 9.17) is 0 Å². The molecular formula is C30H20B2S2. The van der Waals surface area contributed by atoms with Crippen molar-refractivity contribution in [2.45, 2.75) is 0 Å². The van der Waals surface area contributed by atoms with Gasteiger partial charge in [-0.1, -0.05) is 84.9 Å². The largest absolute Gasteiger partial charge is 0.152 e. The van der Waals surface area contributed by atoms with Crippen molar-refractivity contribution in [3.8, 4) is 22.3 Å². The molecule has 7 rings (SSSR count). The summed E-state index contributed by atoms with van der Waals surface area (Å²) in [5.41, 5.74) is 5.43. The monoisotopic (exact) mass is 466 g/mol. The third-order valence-corrected chi connectivity index (χ3v) is 8.96. The molecule has 0 N–H and O–H groups in total. The predicted octanol–water partition coefficient (Wildman–Crippen LogP) is 6.27. The van der Waals surface area contributed by atoms with Crippen molar-refractivity contribution in [1.29, 1.82) is 0 Å². The van der Waals surface area contributed by atoms with Crippen molar-refractivity contribution >= 4 is 89.6 Å². The van der Waals surface area contributed by atoms with Crippen LogP contribution in [0.4, 0.5) is 0 Å². The average Bonchev–Trinajstić information content (AvgIpc) is 3.43. The minimum Gasteiger partial charge on any atom is -0.150 e. The lowest BCUT2D eigenvalue weighted by molar-refractivity contribution is 1.72. The first-order valence-corrected chi connectivity index (χ1v) is 13.2. The Morgan fingerprint density at radius 1 is 0.441 bits per heavy atom. The normalized spacial score (nSPS) is 11.8. The summed E-state index contributed by atoms with van der Waals surface area (Å²) in [5.74, 6) is 0. The van der Waals surface area contributed by atoms with Gasteiger partial charge in [0.1, 0.15) is 0 Å². The lowest BCUT2D eigenvalue weighted by atomic mass is 9.89. The van der Waals surface area contributed by atoms with Gasteiger partial charge in [0.05, 0.1) is 0 Å². The van der Waals surface area contributed by atoms with E-state index in [1.807, 2.05) is 22.7 Å². The van der Waals surface area contributed by atoms with Crippen LogP contribution in [0.2, 0.25) is 0 Å². The summed E-state index contributed by atoms with van der Waals surface area (Å²) >= 11 is 3.85. The van der Waals surface area contributed by atoms with Crippen molar-refractivity contribution in [2.75, 3.05) is 0 Å². The molecule has 0 atom stereocenters. The van der Waals surface area contributed by atoms with E-state index in [-0.39, 0.29) is 0 Å². The van der Waals surface area contributed by atoms with Crippen molar-refractivity contribution < 1.29 is 0 Å². The fourth-order valence-electron chi connectivity index (χ4n) is 5.44. The van der Waals surface area contributed by atoms with Crippen LogP contribution in [0.1, 0.15) is 0 Å². The summed E-state index contributed by atoms with van der Waals surface area (Å²) in [4.78, 5) is 0. The number of benzene rings is 5. The molecule has 0 amide bonds. The highest BCUT2D eigenvalue weighted by Crippen LogP contribution is 2.48. The molecule has 0 unspecified atom stereocenters. The SMILES string of the molecule is Bc1cc2c(-c3cccc4ccccc34)c3sc(B)cc3c(-c3cccc4ccccc34)c2s1. The molecule has 0 spiro atoms. The third kappa shape index (κ3) is 2.92. The minimum atomic E-state index is 1.29. The molecule has 2 heterocycles. The van der Waals surface area contributed by atoms with Gasteiger partial charge in [-0.2, -0.15) is 22.7 Å². The molecule has 0 bridgehead atoms. The molecular weight excluding hydrogens is 446 g/mol. The maximum atomic E-state index is 2.40. The Kier molecular flexibility index (Phi) is 4.48. The second-order valence-corrected chi connectivity index (χ2v) is 11.5. The van der Waals surface area contributed by atoms with Crippen LogP contribution in [0.25, 0.3) is 64.0 Å². The van der Waals surface area contributed by atoms with Crippen molar-refractivity contribution in [3.63, 3.8) is 0 Å². The van der Waals surface area contributed by atoms with Gasteiger partial charge >= 0.3 is 0 Å². The summed E-state index contributed by atoms with van der Waals surface area (Å²) < 4.78 is 5.49. The number of rotatable bonds is 2. The van der Waals surface area contributed by atoms with Gasteiger partial charge in [-0.3, -0.25) is 0 Å². The maximum Gasteiger partial charge on any atom is 0.152 e. The van der Waals surface area contributed by atoms with E-state index in [0.717, 1.165) is 0 Å². The maximum absolute atomic E-state index is 2.40. The molecule has 0 nitrogen and oxygen atoms in total. The van der Waals surface area contributed by atoms with Gasteiger partial charge in [0.25, 0.3) is 0 Å². The van der Waals surface area contributed by atoms with E-state index < -0.39 is 0 Å². The van der Waals surface area contributed by atoms with Crippen molar-refractivity contribution in [2.24, 2.45) is 0 Å². The van der Waals surface area contributed by atoms with Crippen LogP contribution < -0.4 is 9.55 Å². The summed E-state index contributed by atoms with van der Waals surface area (Å²) in [6.45, 7) is 0. The summed E-state index contributed by atoms with van der Waals surface area (Å²) in [6.07, 6.45) is 0. The van der Waals surface area contributed by atoms with Crippen molar-refractivity contribution in [1.82, 2.24) is 0 Å². The van der Waals surface area contributed by atoms with Crippen LogP contribution in [0, 0.1) is 0 Å². The Bertz CT molecular complexity index is 1690. The zero-order valence-electron chi connectivity index (χ0n) is 19.1. The first-order chi connectivity index (χ1) is 16.7. The highest BCUT2D eigenvalue weighted by atomic mass is 32.1. The Balaban J connectivity index is 1.70. The molecule has 0 aliphatic carbocycles. The quantitative estimate of drug-likeness (QED) is 0.264. The number of fused-ring (bicyclic) bond motifs is 4. The van der Waals surface area contributed by atoms with Gasteiger partial charge in [-0.25, -0.2) is 0 Å². The van der Waals surface area contributed by atoms with Gasteiger partial charge < -0.3 is 0 Å². The third-order valence-electron chi connectivity index (χ3n) is 6.82.